The number of anilines is 1. The van der Waals surface area contributed by atoms with Crippen LogP contribution >= 0.6 is 0 Å². The molecular formula is C41H57FN6O6. The Labute approximate surface area is 318 Å². The molecule has 0 spiro atoms. The number of nitrogens with one attached hydrogen (secondary N) is 4. The van der Waals surface area contributed by atoms with Crippen LogP contribution in [0.5, 0.6) is 0 Å². The number of carbonyl (C=O) groups excluding carboxylic acids is 4. The van der Waals surface area contributed by atoms with Gasteiger partial charge in [0, 0.05) is 38.8 Å². The van der Waals surface area contributed by atoms with Crippen LogP contribution in [-0.4, -0.2) is 86.4 Å². The SMILES string of the molecule is CNC(=O)[C@@H](NC(=O)[C@H](Cc1ccccc1F)C[C@H](O)[C@H](Cc1ccc(-c2ccc(N(C)C)nc2)cc1)NC(=O)[C@@H](NC(=O)OC)C(C)(C)C)C(C)(C)C. The molecule has 54 heavy (non-hydrogen) atoms. The van der Waals surface area contributed by atoms with E-state index >= 15 is 0 Å². The average Bonchev–Trinajstić information content (AvgIpc) is 3.11. The molecule has 1 aromatic heterocycles. The second-order valence-corrected chi connectivity index (χ2v) is 16.0. The number of likely N-dealkylation sites (N-methyl/N-ethyl adjacent to an activating group) is 1. The summed E-state index contributed by atoms with van der Waals surface area (Å²) in [4.78, 5) is 59.4. The molecule has 0 aliphatic heterocycles. The number of carbonyl (C=O) groups is 4. The molecule has 5 N–H and O–H groups in total. The highest BCUT2D eigenvalue weighted by molar-refractivity contribution is 5.89. The normalized spacial score (nSPS) is 14.4. The standard InChI is InChI=1S/C41H57FN6O6/c1-40(2,3)34(37(51)43-7)46-36(50)29(22-27-13-11-12-14-30(27)42)23-32(49)31(45-38(52)35(41(4,5)6)47-39(53)54-10)21-25-15-17-26(18-16-25)28-19-20-33(44-24-28)48(8)9/h11-20,24,29,31-32,34-35,49H,21-23H2,1-10H3,(H,43,51)(H,45,52)(H,46,50)(H,47,53)/t29-,31+,32+,34-,35-/m1/s1. The van der Waals surface area contributed by atoms with Crippen molar-refractivity contribution in [2.24, 2.45) is 16.7 Å². The maximum atomic E-state index is 15.0. The van der Waals surface area contributed by atoms with Crippen LogP contribution in [0.3, 0.4) is 0 Å². The third-order valence-corrected chi connectivity index (χ3v) is 9.30. The zero-order chi connectivity index (χ0) is 40.4. The Morgan fingerprint density at radius 1 is 0.796 bits per heavy atom. The Morgan fingerprint density at radius 3 is 1.91 bits per heavy atom. The number of aliphatic hydroxyl groups excluding tert-OH is 1. The molecule has 3 aromatic rings. The van der Waals surface area contributed by atoms with E-state index in [1.54, 1.807) is 45.2 Å². The van der Waals surface area contributed by atoms with Gasteiger partial charge in [0.15, 0.2) is 0 Å². The lowest BCUT2D eigenvalue weighted by atomic mass is 9.84. The summed E-state index contributed by atoms with van der Waals surface area (Å²) in [6, 6.07) is 14.7. The number of benzene rings is 2. The maximum Gasteiger partial charge on any atom is 0.407 e. The van der Waals surface area contributed by atoms with E-state index < -0.39 is 70.6 Å². The van der Waals surface area contributed by atoms with Crippen molar-refractivity contribution in [3.8, 4) is 11.1 Å². The zero-order valence-electron chi connectivity index (χ0n) is 33.1. The van der Waals surface area contributed by atoms with Crippen molar-refractivity contribution >= 4 is 29.6 Å². The summed E-state index contributed by atoms with van der Waals surface area (Å²) in [6.07, 6.45) is -0.459. The first-order valence-electron chi connectivity index (χ1n) is 18.1. The van der Waals surface area contributed by atoms with E-state index in [0.29, 0.717) is 0 Å². The van der Waals surface area contributed by atoms with Crippen molar-refractivity contribution in [2.45, 2.75) is 85.0 Å². The van der Waals surface area contributed by atoms with E-state index in [0.717, 1.165) is 22.5 Å². The quantitative estimate of drug-likeness (QED) is 0.150. The molecule has 2 aromatic carbocycles. The molecule has 0 saturated carbocycles. The molecule has 0 aliphatic rings. The fourth-order valence-corrected chi connectivity index (χ4v) is 6.06. The predicted octanol–water partition coefficient (Wildman–Crippen LogP) is 4.64. The minimum Gasteiger partial charge on any atom is -0.453 e. The number of rotatable bonds is 15. The molecular weight excluding hydrogens is 691 g/mol. The number of alkyl carbamates (subject to hydrolysis) is 1. The first-order chi connectivity index (χ1) is 25.2. The van der Waals surface area contributed by atoms with E-state index in [9.17, 15) is 28.7 Å². The molecule has 0 radical (unpaired) electrons. The molecule has 13 heteroatoms. The summed E-state index contributed by atoms with van der Waals surface area (Å²) in [7, 11) is 6.51. The number of aromatic nitrogens is 1. The molecule has 1 heterocycles. The monoisotopic (exact) mass is 748 g/mol. The largest absolute Gasteiger partial charge is 0.453 e. The molecule has 0 aliphatic carbocycles. The summed E-state index contributed by atoms with van der Waals surface area (Å²) in [5, 5.41) is 22.9. The van der Waals surface area contributed by atoms with Gasteiger partial charge >= 0.3 is 6.09 Å². The molecule has 0 bridgehead atoms. The summed E-state index contributed by atoms with van der Waals surface area (Å²) in [6.45, 7) is 10.8. The highest BCUT2D eigenvalue weighted by atomic mass is 19.1. The summed E-state index contributed by atoms with van der Waals surface area (Å²) in [5.74, 6) is -2.21. The molecule has 5 atom stereocenters. The molecule has 0 saturated heterocycles. The first-order valence-corrected chi connectivity index (χ1v) is 18.1. The van der Waals surface area contributed by atoms with E-state index in [1.165, 1.54) is 20.2 Å². The van der Waals surface area contributed by atoms with Gasteiger partial charge in [0.2, 0.25) is 17.7 Å². The summed E-state index contributed by atoms with van der Waals surface area (Å²) in [5.41, 5.74) is 1.44. The second kappa shape index (κ2) is 18.8. The Balaban J connectivity index is 2.00. The lowest BCUT2D eigenvalue weighted by molar-refractivity contribution is -0.134. The number of pyridine rings is 1. The zero-order valence-corrected chi connectivity index (χ0v) is 33.1. The predicted molar refractivity (Wildman–Crippen MR) is 208 cm³/mol. The third kappa shape index (κ3) is 12.3. The van der Waals surface area contributed by atoms with Crippen LogP contribution in [0.25, 0.3) is 11.1 Å². The first kappa shape index (κ1) is 43.4. The fraction of sp³-hybridized carbons (Fsp3) is 0.488. The number of halogens is 1. The van der Waals surface area contributed by atoms with Crippen molar-refractivity contribution in [1.82, 2.24) is 26.3 Å². The topological polar surface area (TPSA) is 162 Å². The van der Waals surface area contributed by atoms with Gasteiger partial charge in [-0.3, -0.25) is 14.4 Å². The smallest absolute Gasteiger partial charge is 0.407 e. The van der Waals surface area contributed by atoms with Crippen LogP contribution in [0.1, 0.15) is 59.1 Å². The fourth-order valence-electron chi connectivity index (χ4n) is 6.06. The van der Waals surface area contributed by atoms with Crippen LogP contribution < -0.4 is 26.2 Å². The Morgan fingerprint density at radius 2 is 1.39 bits per heavy atom. The molecule has 4 amide bonds. The van der Waals surface area contributed by atoms with Gasteiger partial charge in [-0.15, -0.1) is 0 Å². The van der Waals surface area contributed by atoms with Gasteiger partial charge < -0.3 is 36.0 Å². The number of hydrogen-bond donors (Lipinski definition) is 5. The molecule has 3 rings (SSSR count). The van der Waals surface area contributed by atoms with Crippen LogP contribution in [0, 0.1) is 22.6 Å². The van der Waals surface area contributed by atoms with Gasteiger partial charge in [-0.05, 0) is 65.0 Å². The van der Waals surface area contributed by atoms with Crippen molar-refractivity contribution in [3.63, 3.8) is 0 Å². The van der Waals surface area contributed by atoms with Gasteiger partial charge in [0.1, 0.15) is 23.7 Å². The number of amides is 4. The highest BCUT2D eigenvalue weighted by Crippen LogP contribution is 2.26. The van der Waals surface area contributed by atoms with Gasteiger partial charge in [-0.2, -0.15) is 0 Å². The van der Waals surface area contributed by atoms with Crippen LogP contribution in [0.2, 0.25) is 0 Å². The number of ether oxygens (including phenoxy) is 1. The van der Waals surface area contributed by atoms with E-state index in [4.69, 9.17) is 4.74 Å². The van der Waals surface area contributed by atoms with Crippen LogP contribution in [-0.2, 0) is 32.0 Å². The third-order valence-electron chi connectivity index (χ3n) is 9.30. The molecule has 294 valence electrons. The number of hydrogen-bond acceptors (Lipinski definition) is 8. The maximum absolute atomic E-state index is 15.0. The number of aliphatic hydroxyl groups is 1. The minimum atomic E-state index is -1.33. The highest BCUT2D eigenvalue weighted by Gasteiger charge is 2.38. The van der Waals surface area contributed by atoms with Gasteiger partial charge in [-0.1, -0.05) is 84.0 Å². The van der Waals surface area contributed by atoms with E-state index in [2.05, 4.69) is 26.3 Å². The number of methoxy groups -OCH3 is 1. The molecule has 0 fully saturated rings. The Bertz CT molecular complexity index is 1720. The van der Waals surface area contributed by atoms with Crippen molar-refractivity contribution in [2.75, 3.05) is 33.2 Å². The van der Waals surface area contributed by atoms with Crippen molar-refractivity contribution in [1.29, 1.82) is 0 Å². The van der Waals surface area contributed by atoms with E-state index in [1.807, 2.05) is 76.2 Å². The lowest BCUT2D eigenvalue weighted by Crippen LogP contribution is -2.58. The van der Waals surface area contributed by atoms with E-state index in [-0.39, 0.29) is 24.8 Å². The second-order valence-electron chi connectivity index (χ2n) is 16.0. The Hall–Kier alpha value is -5.04. The van der Waals surface area contributed by atoms with Crippen LogP contribution in [0.15, 0.2) is 66.9 Å². The minimum absolute atomic E-state index is 0.0787. The molecule has 12 nitrogen and oxygen atoms in total. The summed E-state index contributed by atoms with van der Waals surface area (Å²) < 4.78 is 19.8. The van der Waals surface area contributed by atoms with Gasteiger partial charge in [0.25, 0.3) is 0 Å². The Kier molecular flexibility index (Phi) is 15.1. The summed E-state index contributed by atoms with van der Waals surface area (Å²) >= 11 is 0. The van der Waals surface area contributed by atoms with Gasteiger partial charge in [-0.25, -0.2) is 14.2 Å². The molecule has 0 unspecified atom stereocenters. The lowest BCUT2D eigenvalue weighted by Gasteiger charge is -2.34. The van der Waals surface area contributed by atoms with Gasteiger partial charge in [0.05, 0.1) is 19.3 Å². The van der Waals surface area contributed by atoms with Crippen molar-refractivity contribution < 1.29 is 33.4 Å². The average molecular weight is 749 g/mol. The van der Waals surface area contributed by atoms with Crippen molar-refractivity contribution in [3.05, 3.63) is 83.8 Å². The number of nitrogens with zero attached hydrogens (tertiary/aromatic N) is 2. The van der Waals surface area contributed by atoms with Crippen LogP contribution in [0.4, 0.5) is 15.0 Å².